The van der Waals surface area contributed by atoms with E-state index in [1.54, 1.807) is 29.4 Å². The van der Waals surface area contributed by atoms with Gasteiger partial charge in [-0.1, -0.05) is 13.0 Å². The Labute approximate surface area is 136 Å². The molecule has 0 spiro atoms. The van der Waals surface area contributed by atoms with Gasteiger partial charge in [-0.3, -0.25) is 9.78 Å². The second-order valence-corrected chi connectivity index (χ2v) is 5.00. The van der Waals surface area contributed by atoms with E-state index in [1.807, 2.05) is 19.1 Å². The zero-order valence-corrected chi connectivity index (χ0v) is 13.7. The molecule has 0 aliphatic rings. The number of carbonyl (C=O) groups is 1. The number of nitrogens with zero attached hydrogens (tertiary/aromatic N) is 3. The summed E-state index contributed by atoms with van der Waals surface area (Å²) in [5, 5.41) is 0. The van der Waals surface area contributed by atoms with Crippen LogP contribution in [-0.2, 0) is 6.54 Å². The summed E-state index contributed by atoms with van der Waals surface area (Å²) in [5.41, 5.74) is 1.40. The molecule has 0 unspecified atom stereocenters. The first-order valence-electron chi connectivity index (χ1n) is 7.46. The van der Waals surface area contributed by atoms with Crippen molar-refractivity contribution in [2.24, 2.45) is 0 Å². The lowest BCUT2D eigenvalue weighted by Gasteiger charge is -2.23. The lowest BCUT2D eigenvalue weighted by atomic mass is 10.2. The maximum atomic E-state index is 12.9. The molecule has 0 saturated carbocycles. The number of amides is 1. The third-order valence-electron chi connectivity index (χ3n) is 3.34. The van der Waals surface area contributed by atoms with Crippen molar-refractivity contribution in [3.05, 3.63) is 47.8 Å². The summed E-state index contributed by atoms with van der Waals surface area (Å²) in [6.45, 7) is 3.17. The van der Waals surface area contributed by atoms with Crippen LogP contribution in [0, 0.1) is 0 Å². The van der Waals surface area contributed by atoms with Crippen molar-refractivity contribution in [2.75, 3.05) is 20.8 Å². The number of hydrogen-bond acceptors (Lipinski definition) is 5. The number of ether oxygens (including phenoxy) is 2. The van der Waals surface area contributed by atoms with Crippen LogP contribution < -0.4 is 9.47 Å². The van der Waals surface area contributed by atoms with Crippen molar-refractivity contribution >= 4 is 5.91 Å². The van der Waals surface area contributed by atoms with E-state index in [0.717, 1.165) is 12.0 Å². The highest BCUT2D eigenvalue weighted by Gasteiger charge is 2.21. The SMILES string of the molecule is CCCN(Cc1cccnc1)C(=O)c1ccc(OC)nc1OC. The van der Waals surface area contributed by atoms with Crippen LogP contribution in [0.15, 0.2) is 36.7 Å². The first-order valence-corrected chi connectivity index (χ1v) is 7.46. The molecule has 0 radical (unpaired) electrons. The summed E-state index contributed by atoms with van der Waals surface area (Å²) in [5.74, 6) is 0.553. The number of hydrogen-bond donors (Lipinski definition) is 0. The van der Waals surface area contributed by atoms with Crippen molar-refractivity contribution in [1.29, 1.82) is 0 Å². The number of carbonyl (C=O) groups excluding carboxylic acids is 1. The molecule has 2 aromatic heterocycles. The predicted octanol–water partition coefficient (Wildman–Crippen LogP) is 2.55. The van der Waals surface area contributed by atoms with E-state index >= 15 is 0 Å². The van der Waals surface area contributed by atoms with Crippen LogP contribution >= 0.6 is 0 Å². The predicted molar refractivity (Wildman–Crippen MR) is 86.6 cm³/mol. The number of rotatable bonds is 7. The molecule has 6 nitrogen and oxygen atoms in total. The van der Waals surface area contributed by atoms with E-state index in [-0.39, 0.29) is 11.8 Å². The molecule has 0 atom stereocenters. The van der Waals surface area contributed by atoms with Gasteiger partial charge in [0.05, 0.1) is 14.2 Å². The van der Waals surface area contributed by atoms with Gasteiger partial charge in [-0.05, 0) is 24.1 Å². The Bertz CT molecular complexity index is 647. The van der Waals surface area contributed by atoms with Gasteiger partial charge in [0.25, 0.3) is 5.91 Å². The first-order chi connectivity index (χ1) is 11.2. The maximum absolute atomic E-state index is 12.9. The smallest absolute Gasteiger partial charge is 0.259 e. The molecule has 0 saturated heterocycles. The second-order valence-electron chi connectivity index (χ2n) is 5.00. The molecule has 2 aromatic rings. The van der Waals surface area contributed by atoms with Crippen LogP contribution in [-0.4, -0.2) is 41.5 Å². The Kier molecular flexibility index (Phi) is 5.91. The van der Waals surface area contributed by atoms with Gasteiger partial charge in [-0.15, -0.1) is 0 Å². The molecule has 0 fully saturated rings. The Morgan fingerprint density at radius 3 is 2.65 bits per heavy atom. The minimum absolute atomic E-state index is 0.122. The van der Waals surface area contributed by atoms with E-state index < -0.39 is 0 Å². The first kappa shape index (κ1) is 16.7. The molecular formula is C17H21N3O3. The fourth-order valence-electron chi connectivity index (χ4n) is 2.26. The molecule has 2 rings (SSSR count). The van der Waals surface area contributed by atoms with Crippen molar-refractivity contribution in [3.8, 4) is 11.8 Å². The van der Waals surface area contributed by atoms with Gasteiger partial charge in [0.2, 0.25) is 11.8 Å². The Morgan fingerprint density at radius 1 is 1.22 bits per heavy atom. The van der Waals surface area contributed by atoms with E-state index in [1.165, 1.54) is 14.2 Å². The summed E-state index contributed by atoms with van der Waals surface area (Å²) in [6.07, 6.45) is 4.34. The van der Waals surface area contributed by atoms with Crippen molar-refractivity contribution in [3.63, 3.8) is 0 Å². The van der Waals surface area contributed by atoms with Crippen LogP contribution in [0.25, 0.3) is 0 Å². The fourth-order valence-corrected chi connectivity index (χ4v) is 2.26. The number of methoxy groups -OCH3 is 2. The second kappa shape index (κ2) is 8.12. The largest absolute Gasteiger partial charge is 0.481 e. The van der Waals surface area contributed by atoms with Crippen molar-refractivity contribution in [2.45, 2.75) is 19.9 Å². The molecule has 122 valence electrons. The zero-order valence-electron chi connectivity index (χ0n) is 13.7. The maximum Gasteiger partial charge on any atom is 0.259 e. The monoisotopic (exact) mass is 315 g/mol. The molecular weight excluding hydrogens is 294 g/mol. The van der Waals surface area contributed by atoms with Crippen LogP contribution in [0.2, 0.25) is 0 Å². The summed E-state index contributed by atoms with van der Waals surface area (Å²) in [6, 6.07) is 7.15. The van der Waals surface area contributed by atoms with Gasteiger partial charge in [-0.2, -0.15) is 4.98 Å². The fraction of sp³-hybridized carbons (Fsp3) is 0.353. The molecule has 0 aliphatic carbocycles. The molecule has 6 heteroatoms. The summed E-state index contributed by atoms with van der Waals surface area (Å²) in [7, 11) is 3.01. The van der Waals surface area contributed by atoms with Crippen LogP contribution in [0.1, 0.15) is 29.3 Å². The Morgan fingerprint density at radius 2 is 2.04 bits per heavy atom. The molecule has 0 bridgehead atoms. The van der Waals surface area contributed by atoms with Crippen LogP contribution in [0.5, 0.6) is 11.8 Å². The van der Waals surface area contributed by atoms with Crippen LogP contribution in [0.4, 0.5) is 0 Å². The molecule has 0 N–H and O–H groups in total. The molecule has 0 aliphatic heterocycles. The highest BCUT2D eigenvalue weighted by molar-refractivity contribution is 5.96. The van der Waals surface area contributed by atoms with E-state index in [9.17, 15) is 4.79 Å². The lowest BCUT2D eigenvalue weighted by molar-refractivity contribution is 0.0738. The van der Waals surface area contributed by atoms with Gasteiger partial charge < -0.3 is 14.4 Å². The third kappa shape index (κ3) is 4.18. The van der Waals surface area contributed by atoms with E-state index in [0.29, 0.717) is 24.5 Å². The van der Waals surface area contributed by atoms with Crippen molar-refractivity contribution in [1.82, 2.24) is 14.9 Å². The van der Waals surface area contributed by atoms with E-state index in [4.69, 9.17) is 9.47 Å². The molecule has 23 heavy (non-hydrogen) atoms. The average Bonchev–Trinajstić information content (AvgIpc) is 2.61. The Hall–Kier alpha value is -2.63. The quantitative estimate of drug-likeness (QED) is 0.785. The summed E-state index contributed by atoms with van der Waals surface area (Å²) in [4.78, 5) is 22.9. The zero-order chi connectivity index (χ0) is 16.7. The molecule has 2 heterocycles. The summed E-state index contributed by atoms with van der Waals surface area (Å²) < 4.78 is 10.3. The average molecular weight is 315 g/mol. The van der Waals surface area contributed by atoms with E-state index in [2.05, 4.69) is 9.97 Å². The minimum atomic E-state index is -0.122. The lowest BCUT2D eigenvalue weighted by Crippen LogP contribution is -2.31. The van der Waals surface area contributed by atoms with Crippen molar-refractivity contribution < 1.29 is 14.3 Å². The number of aromatic nitrogens is 2. The topological polar surface area (TPSA) is 64.6 Å². The van der Waals surface area contributed by atoms with Gasteiger partial charge in [0.15, 0.2) is 0 Å². The minimum Gasteiger partial charge on any atom is -0.481 e. The standard InChI is InChI=1S/C17H21N3O3/c1-4-10-20(12-13-6-5-9-18-11-13)17(21)14-7-8-15(22-2)19-16(14)23-3/h5-9,11H,4,10,12H2,1-3H3. The highest BCUT2D eigenvalue weighted by atomic mass is 16.5. The summed E-state index contributed by atoms with van der Waals surface area (Å²) >= 11 is 0. The van der Waals surface area contributed by atoms with Crippen LogP contribution in [0.3, 0.4) is 0 Å². The molecule has 0 aromatic carbocycles. The molecule has 1 amide bonds. The van der Waals surface area contributed by atoms with Gasteiger partial charge in [0, 0.05) is 31.5 Å². The normalized spacial score (nSPS) is 10.2. The van der Waals surface area contributed by atoms with Gasteiger partial charge in [-0.25, -0.2) is 0 Å². The third-order valence-corrected chi connectivity index (χ3v) is 3.34. The van der Waals surface area contributed by atoms with Gasteiger partial charge in [0.1, 0.15) is 5.56 Å². The van der Waals surface area contributed by atoms with Gasteiger partial charge >= 0.3 is 0 Å². The number of pyridine rings is 2. The Balaban J connectivity index is 2.27. The highest BCUT2D eigenvalue weighted by Crippen LogP contribution is 2.22.